The lowest BCUT2D eigenvalue weighted by Gasteiger charge is -2.28. The molecule has 7 nitrogen and oxygen atoms in total. The van der Waals surface area contributed by atoms with Gasteiger partial charge in [0.25, 0.3) is 0 Å². The Balaban J connectivity index is 1.45. The van der Waals surface area contributed by atoms with Gasteiger partial charge in [-0.25, -0.2) is 0 Å². The number of anilines is 1. The molecule has 1 aromatic carbocycles. The Kier molecular flexibility index (Phi) is 8.08. The Morgan fingerprint density at radius 1 is 1.08 bits per heavy atom. The molecule has 37 heavy (non-hydrogen) atoms. The van der Waals surface area contributed by atoms with E-state index < -0.39 is 0 Å². The third kappa shape index (κ3) is 5.51. The summed E-state index contributed by atoms with van der Waals surface area (Å²) in [5.41, 5.74) is 5.87. The van der Waals surface area contributed by atoms with Gasteiger partial charge in [0.05, 0.1) is 37.6 Å². The van der Waals surface area contributed by atoms with Crippen LogP contribution >= 0.6 is 12.2 Å². The summed E-state index contributed by atoms with van der Waals surface area (Å²) in [4.78, 5) is 9.45. The smallest absolute Gasteiger partial charge is 0.174 e. The topological polar surface area (TPSA) is 54.8 Å². The largest absolute Gasteiger partial charge is 0.494 e. The van der Waals surface area contributed by atoms with E-state index in [1.807, 2.05) is 37.4 Å². The van der Waals surface area contributed by atoms with Gasteiger partial charge in [-0.05, 0) is 87.4 Å². The van der Waals surface area contributed by atoms with Crippen LogP contribution in [0.15, 0.2) is 54.7 Å². The van der Waals surface area contributed by atoms with E-state index in [0.29, 0.717) is 11.7 Å². The van der Waals surface area contributed by atoms with Crippen LogP contribution in [0.4, 0.5) is 5.69 Å². The molecule has 3 aromatic rings. The highest BCUT2D eigenvalue weighted by Gasteiger charge is 2.42. The molecule has 0 saturated carbocycles. The molecule has 2 saturated heterocycles. The van der Waals surface area contributed by atoms with Gasteiger partial charge in [-0.15, -0.1) is 0 Å². The molecule has 4 heterocycles. The first-order chi connectivity index (χ1) is 18.1. The van der Waals surface area contributed by atoms with Gasteiger partial charge in [-0.2, -0.15) is 0 Å². The van der Waals surface area contributed by atoms with Gasteiger partial charge < -0.3 is 24.3 Å². The zero-order chi connectivity index (χ0) is 25.8. The lowest BCUT2D eigenvalue weighted by atomic mass is 9.96. The first-order valence-electron chi connectivity index (χ1n) is 13.3. The number of morpholine rings is 1. The third-order valence-corrected chi connectivity index (χ3v) is 7.73. The van der Waals surface area contributed by atoms with Crippen molar-refractivity contribution in [2.45, 2.75) is 45.8 Å². The van der Waals surface area contributed by atoms with Gasteiger partial charge in [0.1, 0.15) is 5.75 Å². The van der Waals surface area contributed by atoms with Crippen molar-refractivity contribution in [1.82, 2.24) is 19.8 Å². The zero-order valence-electron chi connectivity index (χ0n) is 22.0. The number of nitrogens with one attached hydrogen (secondary N) is 1. The van der Waals surface area contributed by atoms with Crippen LogP contribution in [0.25, 0.3) is 0 Å². The molecule has 2 aromatic heterocycles. The van der Waals surface area contributed by atoms with E-state index in [1.54, 1.807) is 0 Å². The minimum Gasteiger partial charge on any atom is -0.494 e. The molecule has 8 heteroatoms. The molecular weight excluding hydrogens is 482 g/mol. The Hall–Kier alpha value is -2.94. The van der Waals surface area contributed by atoms with Crippen molar-refractivity contribution in [3.05, 3.63) is 77.4 Å². The molecule has 2 aliphatic heterocycles. The second kappa shape index (κ2) is 11.6. The minimum absolute atomic E-state index is 0.0143. The van der Waals surface area contributed by atoms with Gasteiger partial charge >= 0.3 is 0 Å². The van der Waals surface area contributed by atoms with Crippen molar-refractivity contribution in [3.63, 3.8) is 0 Å². The third-order valence-electron chi connectivity index (χ3n) is 7.42. The highest BCUT2D eigenvalue weighted by atomic mass is 32.1. The summed E-state index contributed by atoms with van der Waals surface area (Å²) in [7, 11) is 0. The summed E-state index contributed by atoms with van der Waals surface area (Å²) >= 11 is 5.92. The van der Waals surface area contributed by atoms with E-state index in [-0.39, 0.29) is 12.1 Å². The average molecular weight is 520 g/mol. The maximum atomic E-state index is 5.92. The van der Waals surface area contributed by atoms with E-state index in [1.165, 1.54) is 17.0 Å². The first kappa shape index (κ1) is 25.7. The lowest BCUT2D eigenvalue weighted by molar-refractivity contribution is 0.0369. The number of nitrogens with zero attached hydrogens (tertiary/aromatic N) is 4. The second-order valence-electron chi connectivity index (χ2n) is 9.71. The molecule has 0 unspecified atom stereocenters. The molecule has 1 N–H and O–H groups in total. The van der Waals surface area contributed by atoms with Gasteiger partial charge in [-0.3, -0.25) is 9.88 Å². The van der Waals surface area contributed by atoms with E-state index >= 15 is 0 Å². The van der Waals surface area contributed by atoms with Crippen LogP contribution in [0.3, 0.4) is 0 Å². The number of ether oxygens (including phenoxy) is 2. The number of thiocarbonyl (C=S) groups is 1. The van der Waals surface area contributed by atoms with E-state index in [2.05, 4.69) is 57.8 Å². The first-order valence-corrected chi connectivity index (χ1v) is 13.7. The van der Waals surface area contributed by atoms with Crippen LogP contribution in [0.2, 0.25) is 0 Å². The number of pyridine rings is 1. The van der Waals surface area contributed by atoms with E-state index in [9.17, 15) is 0 Å². The van der Waals surface area contributed by atoms with Crippen molar-refractivity contribution < 1.29 is 9.47 Å². The van der Waals surface area contributed by atoms with E-state index in [4.69, 9.17) is 26.7 Å². The average Bonchev–Trinajstić information content (AvgIpc) is 3.41. The molecule has 2 atom stereocenters. The number of benzene rings is 1. The fourth-order valence-electron chi connectivity index (χ4n) is 5.57. The molecule has 0 bridgehead atoms. The number of hydrogen-bond acceptors (Lipinski definition) is 5. The normalized spacial score (nSPS) is 20.3. The van der Waals surface area contributed by atoms with Crippen molar-refractivity contribution in [3.8, 4) is 5.75 Å². The standard InChI is InChI=1S/C29H37N5O2S/c1-4-36-24-11-9-23(10-12-24)34-28(27(31-29(34)37)26-8-5-6-13-30-26)25-20-21(2)33(22(25)3)15-7-14-32-16-18-35-19-17-32/h5-6,8-13,20,27-28H,4,7,14-19H2,1-3H3,(H,31,37)/t27-,28-/m1/s1. The van der Waals surface area contributed by atoms with Crippen LogP contribution in [-0.4, -0.2) is 59.0 Å². The van der Waals surface area contributed by atoms with Crippen molar-refractivity contribution >= 4 is 23.0 Å². The Bertz CT molecular complexity index is 1190. The molecule has 0 radical (unpaired) electrons. The molecule has 2 aliphatic rings. The monoisotopic (exact) mass is 519 g/mol. The van der Waals surface area contributed by atoms with Crippen LogP contribution < -0.4 is 15.0 Å². The van der Waals surface area contributed by atoms with Gasteiger partial charge in [0.15, 0.2) is 5.11 Å². The highest BCUT2D eigenvalue weighted by molar-refractivity contribution is 7.80. The van der Waals surface area contributed by atoms with Crippen LogP contribution in [-0.2, 0) is 11.3 Å². The van der Waals surface area contributed by atoms with Crippen LogP contribution in [0.1, 0.15) is 48.1 Å². The Morgan fingerprint density at radius 3 is 2.57 bits per heavy atom. The molecule has 0 aliphatic carbocycles. The minimum atomic E-state index is -0.0532. The summed E-state index contributed by atoms with van der Waals surface area (Å²) in [5.74, 6) is 0.862. The summed E-state index contributed by atoms with van der Waals surface area (Å²) in [6.07, 6.45) is 2.97. The lowest BCUT2D eigenvalue weighted by Crippen LogP contribution is -2.37. The number of rotatable bonds is 9. The maximum Gasteiger partial charge on any atom is 0.174 e. The Morgan fingerprint density at radius 2 is 1.86 bits per heavy atom. The van der Waals surface area contributed by atoms with Gasteiger partial charge in [0, 0.05) is 49.5 Å². The summed E-state index contributed by atoms with van der Waals surface area (Å²) < 4.78 is 13.6. The summed E-state index contributed by atoms with van der Waals surface area (Å²) in [6.45, 7) is 12.9. The molecular formula is C29H37N5O2S. The van der Waals surface area contributed by atoms with Gasteiger partial charge in [0.2, 0.25) is 0 Å². The van der Waals surface area contributed by atoms with Crippen LogP contribution in [0.5, 0.6) is 5.75 Å². The van der Waals surface area contributed by atoms with Crippen LogP contribution in [0, 0.1) is 13.8 Å². The molecule has 5 rings (SSSR count). The molecule has 0 amide bonds. The zero-order valence-corrected chi connectivity index (χ0v) is 22.8. The van der Waals surface area contributed by atoms with E-state index in [0.717, 1.165) is 62.9 Å². The number of aryl methyl sites for hydroxylation is 1. The van der Waals surface area contributed by atoms with Crippen molar-refractivity contribution in [2.75, 3.05) is 44.4 Å². The molecule has 2 fully saturated rings. The van der Waals surface area contributed by atoms with Gasteiger partial charge in [-0.1, -0.05) is 6.07 Å². The second-order valence-corrected chi connectivity index (χ2v) is 10.1. The van der Waals surface area contributed by atoms with Crippen molar-refractivity contribution in [2.24, 2.45) is 0 Å². The number of hydrogen-bond donors (Lipinski definition) is 1. The summed E-state index contributed by atoms with van der Waals surface area (Å²) in [5, 5.41) is 4.30. The maximum absolute atomic E-state index is 5.92. The quantitative estimate of drug-likeness (QED) is 0.408. The predicted molar refractivity (Wildman–Crippen MR) is 151 cm³/mol. The molecule has 0 spiro atoms. The molecule has 196 valence electrons. The van der Waals surface area contributed by atoms with Crippen molar-refractivity contribution in [1.29, 1.82) is 0 Å². The Labute approximate surface area is 225 Å². The fraction of sp³-hybridized carbons (Fsp3) is 0.448. The number of aromatic nitrogens is 2. The SMILES string of the molecule is CCOc1ccc(N2C(=S)N[C@H](c3ccccn3)[C@H]2c2cc(C)n(CCCN3CCOCC3)c2C)cc1. The predicted octanol–water partition coefficient (Wildman–Crippen LogP) is 4.80. The summed E-state index contributed by atoms with van der Waals surface area (Å²) in [6, 6.07) is 16.6. The highest BCUT2D eigenvalue weighted by Crippen LogP contribution is 2.43. The fourth-order valence-corrected chi connectivity index (χ4v) is 5.91.